The van der Waals surface area contributed by atoms with Crippen molar-refractivity contribution in [2.24, 2.45) is 11.7 Å². The molecule has 0 saturated carbocycles. The molecule has 2 N–H and O–H groups in total. The van der Waals surface area contributed by atoms with Gasteiger partial charge in [-0.25, -0.2) is 4.39 Å². The molecule has 0 bridgehead atoms. The van der Waals surface area contributed by atoms with E-state index in [2.05, 4.69) is 25.1 Å². The summed E-state index contributed by atoms with van der Waals surface area (Å²) in [7, 11) is 0. The molecule has 2 aromatic carbocycles. The van der Waals surface area contributed by atoms with Crippen LogP contribution in [0.3, 0.4) is 0 Å². The average Bonchev–Trinajstić information content (AvgIpc) is 2.43. The predicted octanol–water partition coefficient (Wildman–Crippen LogP) is 4.15. The minimum Gasteiger partial charge on any atom is -0.330 e. The quantitative estimate of drug-likeness (QED) is 0.880. The highest BCUT2D eigenvalue weighted by molar-refractivity contribution is 6.31. The Bertz CT molecular complexity index is 583. The lowest BCUT2D eigenvalue weighted by Crippen LogP contribution is -2.19. The lowest BCUT2D eigenvalue weighted by atomic mass is 9.92. The largest absolute Gasteiger partial charge is 0.330 e. The molecule has 106 valence electrons. The molecule has 0 radical (unpaired) electrons. The number of benzene rings is 2. The van der Waals surface area contributed by atoms with E-state index < -0.39 is 0 Å². The summed E-state index contributed by atoms with van der Waals surface area (Å²) in [6.07, 6.45) is 1.58. The predicted molar refractivity (Wildman–Crippen MR) is 82.5 cm³/mol. The lowest BCUT2D eigenvalue weighted by Gasteiger charge is -2.16. The van der Waals surface area contributed by atoms with Gasteiger partial charge in [0.1, 0.15) is 5.82 Å². The number of aryl methyl sites for hydroxylation is 1. The molecule has 3 heteroatoms. The highest BCUT2D eigenvalue weighted by Gasteiger charge is 2.13. The van der Waals surface area contributed by atoms with E-state index in [-0.39, 0.29) is 16.8 Å². The average molecular weight is 292 g/mol. The van der Waals surface area contributed by atoms with Crippen molar-refractivity contribution in [2.75, 3.05) is 6.54 Å². The van der Waals surface area contributed by atoms with Crippen LogP contribution in [0.5, 0.6) is 0 Å². The fraction of sp³-hybridized carbons (Fsp3) is 0.294. The van der Waals surface area contributed by atoms with Crippen LogP contribution >= 0.6 is 11.6 Å². The van der Waals surface area contributed by atoms with Crippen molar-refractivity contribution in [1.82, 2.24) is 0 Å². The number of halogens is 2. The Kier molecular flexibility index (Phi) is 5.16. The fourth-order valence-corrected chi connectivity index (χ4v) is 2.63. The zero-order valence-electron chi connectivity index (χ0n) is 11.6. The van der Waals surface area contributed by atoms with E-state index in [1.165, 1.54) is 17.2 Å². The van der Waals surface area contributed by atoms with Gasteiger partial charge in [0.25, 0.3) is 0 Å². The van der Waals surface area contributed by atoms with Crippen LogP contribution in [-0.2, 0) is 12.8 Å². The summed E-state index contributed by atoms with van der Waals surface area (Å²) in [5, 5.41) is 0.218. The third-order valence-electron chi connectivity index (χ3n) is 3.48. The van der Waals surface area contributed by atoms with Gasteiger partial charge in [-0.1, -0.05) is 53.6 Å². The van der Waals surface area contributed by atoms with E-state index in [1.54, 1.807) is 6.07 Å². The molecule has 0 aliphatic heterocycles. The minimum atomic E-state index is -0.365. The molecule has 1 unspecified atom stereocenters. The maximum Gasteiger partial charge on any atom is 0.142 e. The molecule has 0 aliphatic rings. The van der Waals surface area contributed by atoms with E-state index in [4.69, 9.17) is 17.3 Å². The molecule has 1 atom stereocenters. The second kappa shape index (κ2) is 6.87. The van der Waals surface area contributed by atoms with Gasteiger partial charge in [-0.2, -0.15) is 0 Å². The Morgan fingerprint density at radius 2 is 1.90 bits per heavy atom. The van der Waals surface area contributed by atoms with Gasteiger partial charge in [-0.15, -0.1) is 0 Å². The number of nitrogens with two attached hydrogens (primary N) is 1. The summed E-state index contributed by atoms with van der Waals surface area (Å²) in [6.45, 7) is 2.63. The van der Waals surface area contributed by atoms with Gasteiger partial charge < -0.3 is 5.73 Å². The highest BCUT2D eigenvalue weighted by atomic mass is 35.5. The maximum absolute atomic E-state index is 13.5. The van der Waals surface area contributed by atoms with Crippen molar-refractivity contribution in [3.8, 4) is 0 Å². The van der Waals surface area contributed by atoms with Gasteiger partial charge >= 0.3 is 0 Å². The van der Waals surface area contributed by atoms with Crippen LogP contribution in [0, 0.1) is 18.7 Å². The standard InChI is InChI=1S/C17H19ClFN/c1-12-4-2-5-13(8-12)9-14(11-20)10-15-6-3-7-16(19)17(15)18/h2-8,14H,9-11,20H2,1H3. The van der Waals surface area contributed by atoms with E-state index >= 15 is 0 Å². The Hall–Kier alpha value is -1.38. The van der Waals surface area contributed by atoms with Gasteiger partial charge in [0.15, 0.2) is 0 Å². The first-order valence-electron chi connectivity index (χ1n) is 6.78. The third kappa shape index (κ3) is 3.81. The van der Waals surface area contributed by atoms with Crippen LogP contribution in [0.1, 0.15) is 16.7 Å². The van der Waals surface area contributed by atoms with Crippen molar-refractivity contribution in [3.05, 3.63) is 70.0 Å². The first-order valence-corrected chi connectivity index (χ1v) is 7.16. The molecule has 0 fully saturated rings. The van der Waals surface area contributed by atoms with Crippen LogP contribution < -0.4 is 5.73 Å². The summed E-state index contributed by atoms with van der Waals surface area (Å²) in [5.41, 5.74) is 9.18. The molecule has 0 spiro atoms. The van der Waals surface area contributed by atoms with Crippen molar-refractivity contribution in [3.63, 3.8) is 0 Å². The second-order valence-electron chi connectivity index (χ2n) is 5.21. The van der Waals surface area contributed by atoms with E-state index in [1.807, 2.05) is 12.1 Å². The van der Waals surface area contributed by atoms with Crippen LogP contribution in [0.4, 0.5) is 4.39 Å². The summed E-state index contributed by atoms with van der Waals surface area (Å²) in [6, 6.07) is 13.3. The molecule has 2 aromatic rings. The normalized spacial score (nSPS) is 12.4. The smallest absolute Gasteiger partial charge is 0.142 e. The van der Waals surface area contributed by atoms with Gasteiger partial charge in [0, 0.05) is 0 Å². The number of rotatable bonds is 5. The second-order valence-corrected chi connectivity index (χ2v) is 5.59. The van der Waals surface area contributed by atoms with Crippen LogP contribution in [0.25, 0.3) is 0 Å². The monoisotopic (exact) mass is 291 g/mol. The number of hydrogen-bond acceptors (Lipinski definition) is 1. The van der Waals surface area contributed by atoms with Gasteiger partial charge in [-0.3, -0.25) is 0 Å². The maximum atomic E-state index is 13.5. The fourth-order valence-electron chi connectivity index (χ4n) is 2.43. The topological polar surface area (TPSA) is 26.0 Å². The van der Waals surface area contributed by atoms with E-state index in [9.17, 15) is 4.39 Å². The molecule has 1 nitrogen and oxygen atoms in total. The molecule has 2 rings (SSSR count). The van der Waals surface area contributed by atoms with Crippen molar-refractivity contribution in [2.45, 2.75) is 19.8 Å². The van der Waals surface area contributed by atoms with Crippen LogP contribution in [0.15, 0.2) is 42.5 Å². The molecule has 0 heterocycles. The number of hydrogen-bond donors (Lipinski definition) is 1. The SMILES string of the molecule is Cc1cccc(CC(CN)Cc2cccc(F)c2Cl)c1. The molecule has 0 amide bonds. The Balaban J connectivity index is 2.11. The van der Waals surface area contributed by atoms with Crippen molar-refractivity contribution >= 4 is 11.6 Å². The van der Waals surface area contributed by atoms with Crippen LogP contribution in [-0.4, -0.2) is 6.54 Å². The first-order chi connectivity index (χ1) is 9.60. The van der Waals surface area contributed by atoms with E-state index in [0.29, 0.717) is 13.0 Å². The molecule has 0 aromatic heterocycles. The van der Waals surface area contributed by atoms with Crippen molar-refractivity contribution in [1.29, 1.82) is 0 Å². The zero-order chi connectivity index (χ0) is 14.5. The van der Waals surface area contributed by atoms with Gasteiger partial charge in [0.05, 0.1) is 5.02 Å². The molecule has 0 aliphatic carbocycles. The van der Waals surface area contributed by atoms with Gasteiger partial charge in [-0.05, 0) is 49.4 Å². The zero-order valence-corrected chi connectivity index (χ0v) is 12.3. The Labute approximate surface area is 124 Å². The highest BCUT2D eigenvalue weighted by Crippen LogP contribution is 2.23. The summed E-state index contributed by atoms with van der Waals surface area (Å²) < 4.78 is 13.5. The van der Waals surface area contributed by atoms with Crippen LogP contribution in [0.2, 0.25) is 5.02 Å². The summed E-state index contributed by atoms with van der Waals surface area (Å²) >= 11 is 6.01. The minimum absolute atomic E-state index is 0.218. The van der Waals surface area contributed by atoms with Crippen molar-refractivity contribution < 1.29 is 4.39 Å². The Morgan fingerprint density at radius 3 is 2.60 bits per heavy atom. The molecule has 20 heavy (non-hydrogen) atoms. The molecule has 0 saturated heterocycles. The summed E-state index contributed by atoms with van der Waals surface area (Å²) in [4.78, 5) is 0. The lowest BCUT2D eigenvalue weighted by molar-refractivity contribution is 0.530. The third-order valence-corrected chi connectivity index (χ3v) is 3.90. The van der Waals surface area contributed by atoms with E-state index in [0.717, 1.165) is 12.0 Å². The summed E-state index contributed by atoms with van der Waals surface area (Å²) in [5.74, 6) is -0.105. The molecular formula is C17H19ClFN. The van der Waals surface area contributed by atoms with Gasteiger partial charge in [0.2, 0.25) is 0 Å². The molecular weight excluding hydrogens is 273 g/mol. The first kappa shape index (κ1) is 15.0. The Morgan fingerprint density at radius 1 is 1.15 bits per heavy atom.